The minimum absolute atomic E-state index is 0.287. The second-order valence-electron chi connectivity index (χ2n) is 13.3. The molecule has 218 valence electrons. The van der Waals surface area contributed by atoms with Crippen LogP contribution in [0.4, 0.5) is 0 Å². The number of hydrogen-bond acceptors (Lipinski definition) is 4. The van der Waals surface area contributed by atoms with Gasteiger partial charge in [-0.05, 0) is 73.3 Å². The van der Waals surface area contributed by atoms with Gasteiger partial charge >= 0.3 is 11.9 Å². The van der Waals surface area contributed by atoms with E-state index in [9.17, 15) is 9.59 Å². The van der Waals surface area contributed by atoms with Crippen LogP contribution in [0, 0.1) is 22.7 Å². The summed E-state index contributed by atoms with van der Waals surface area (Å²) >= 11 is 0. The van der Waals surface area contributed by atoms with Crippen molar-refractivity contribution in [1.82, 2.24) is 0 Å². The topological polar surface area (TPSA) is 52.6 Å². The summed E-state index contributed by atoms with van der Waals surface area (Å²) in [6.45, 7) is 19.0. The summed E-state index contributed by atoms with van der Waals surface area (Å²) in [7, 11) is 0. The number of benzene rings is 1. The molecule has 0 aliphatic carbocycles. The van der Waals surface area contributed by atoms with Crippen LogP contribution in [0.15, 0.2) is 24.3 Å². The lowest BCUT2D eigenvalue weighted by Gasteiger charge is -2.28. The fourth-order valence-corrected chi connectivity index (χ4v) is 5.70. The average Bonchev–Trinajstić information content (AvgIpc) is 2.83. The first-order chi connectivity index (χ1) is 17.9. The molecule has 38 heavy (non-hydrogen) atoms. The molecule has 0 aromatic heterocycles. The Bertz CT molecular complexity index is 743. The molecule has 2 atom stereocenters. The molecule has 0 N–H and O–H groups in total. The van der Waals surface area contributed by atoms with Crippen molar-refractivity contribution in [2.75, 3.05) is 13.2 Å². The molecule has 0 aliphatic rings. The number of ether oxygens (including phenoxy) is 2. The summed E-state index contributed by atoms with van der Waals surface area (Å²) in [5.41, 5.74) is 1.18. The molecule has 0 bridgehead atoms. The second-order valence-corrected chi connectivity index (χ2v) is 13.3. The zero-order valence-electron chi connectivity index (χ0n) is 26.0. The number of hydrogen-bond donors (Lipinski definition) is 0. The molecule has 2 unspecified atom stereocenters. The lowest BCUT2D eigenvalue weighted by Crippen LogP contribution is -2.19. The fraction of sp³-hybridized carbons (Fsp3) is 0.765. The molecule has 0 fully saturated rings. The number of carbonyl (C=O) groups excluding carboxylic acids is 2. The Morgan fingerprint density at radius 2 is 1.05 bits per heavy atom. The van der Waals surface area contributed by atoms with E-state index in [-0.39, 0.29) is 11.1 Å². The second kappa shape index (κ2) is 17.7. The first-order valence-electron chi connectivity index (χ1n) is 15.3. The number of esters is 2. The first kappa shape index (κ1) is 34.2. The highest BCUT2D eigenvalue weighted by molar-refractivity contribution is 6.03. The Labute approximate surface area is 234 Å². The molecule has 0 spiro atoms. The van der Waals surface area contributed by atoms with E-state index in [1.165, 1.54) is 51.4 Å². The summed E-state index contributed by atoms with van der Waals surface area (Å²) in [6, 6.07) is 6.83. The largest absolute Gasteiger partial charge is 0.462 e. The molecule has 1 aromatic rings. The van der Waals surface area contributed by atoms with Gasteiger partial charge in [0.2, 0.25) is 0 Å². The molecule has 0 aliphatic heterocycles. The molecule has 0 radical (unpaired) electrons. The van der Waals surface area contributed by atoms with Crippen molar-refractivity contribution in [2.45, 2.75) is 132 Å². The maximum atomic E-state index is 12.8. The smallest absolute Gasteiger partial charge is 0.339 e. The van der Waals surface area contributed by atoms with Crippen molar-refractivity contribution < 1.29 is 19.1 Å². The quantitative estimate of drug-likeness (QED) is 0.124. The van der Waals surface area contributed by atoms with Gasteiger partial charge in [-0.15, -0.1) is 0 Å². The predicted molar refractivity (Wildman–Crippen MR) is 160 cm³/mol. The van der Waals surface area contributed by atoms with Gasteiger partial charge in [-0.2, -0.15) is 0 Å². The van der Waals surface area contributed by atoms with Crippen LogP contribution < -0.4 is 0 Å². The van der Waals surface area contributed by atoms with E-state index in [4.69, 9.17) is 9.47 Å². The Hall–Kier alpha value is -1.84. The molecule has 0 saturated carbocycles. The van der Waals surface area contributed by atoms with Gasteiger partial charge in [-0.3, -0.25) is 0 Å². The Balaban J connectivity index is 2.52. The summed E-state index contributed by atoms with van der Waals surface area (Å²) in [5.74, 6) is 0.0415. The lowest BCUT2D eigenvalue weighted by atomic mass is 9.78. The highest BCUT2D eigenvalue weighted by Gasteiger charge is 2.23. The van der Waals surface area contributed by atoms with E-state index < -0.39 is 11.9 Å². The van der Waals surface area contributed by atoms with Crippen LogP contribution in [0.1, 0.15) is 153 Å². The summed E-state index contributed by atoms with van der Waals surface area (Å²) in [4.78, 5) is 25.7. The van der Waals surface area contributed by atoms with E-state index in [0.717, 1.165) is 25.7 Å². The van der Waals surface area contributed by atoms with Gasteiger partial charge in [0.25, 0.3) is 0 Å². The minimum Gasteiger partial charge on any atom is -0.462 e. The van der Waals surface area contributed by atoms with Crippen LogP contribution in [-0.2, 0) is 9.47 Å². The van der Waals surface area contributed by atoms with Gasteiger partial charge in [0.15, 0.2) is 0 Å². The van der Waals surface area contributed by atoms with Crippen molar-refractivity contribution in [1.29, 1.82) is 0 Å². The van der Waals surface area contributed by atoms with Gasteiger partial charge in [-0.25, -0.2) is 9.59 Å². The Kier molecular flexibility index (Phi) is 15.9. The molecule has 1 rings (SSSR count). The molecule has 1 aromatic carbocycles. The van der Waals surface area contributed by atoms with Crippen molar-refractivity contribution in [2.24, 2.45) is 22.7 Å². The monoisotopic (exact) mass is 530 g/mol. The Morgan fingerprint density at radius 3 is 1.39 bits per heavy atom. The minimum atomic E-state index is -0.450. The SMILES string of the molecule is CCCCCC(C)(C)CC(C)CCOC(=O)c1ccccc1C(=O)OCCC(C)CC(C)(C)CCCCC. The number of carbonyl (C=O) groups is 2. The van der Waals surface area contributed by atoms with Crippen molar-refractivity contribution >= 4 is 11.9 Å². The van der Waals surface area contributed by atoms with Crippen molar-refractivity contribution in [3.63, 3.8) is 0 Å². The maximum Gasteiger partial charge on any atom is 0.339 e. The van der Waals surface area contributed by atoms with Crippen LogP contribution in [-0.4, -0.2) is 25.2 Å². The first-order valence-corrected chi connectivity index (χ1v) is 15.3. The van der Waals surface area contributed by atoms with Crippen molar-refractivity contribution in [3.8, 4) is 0 Å². The molecule has 4 nitrogen and oxygen atoms in total. The van der Waals surface area contributed by atoms with Gasteiger partial charge in [-0.1, -0.05) is 106 Å². The normalized spacial score (nSPS) is 13.7. The Morgan fingerprint density at radius 1 is 0.684 bits per heavy atom. The molecular formula is C34H58O4. The summed E-state index contributed by atoms with van der Waals surface area (Å²) < 4.78 is 11.2. The van der Waals surface area contributed by atoms with Crippen LogP contribution in [0.2, 0.25) is 0 Å². The van der Waals surface area contributed by atoms with Crippen molar-refractivity contribution in [3.05, 3.63) is 35.4 Å². The highest BCUT2D eigenvalue weighted by atomic mass is 16.5. The third-order valence-electron chi connectivity index (χ3n) is 7.77. The zero-order chi connectivity index (χ0) is 28.6. The van der Waals surface area contributed by atoms with Crippen LogP contribution in [0.25, 0.3) is 0 Å². The van der Waals surface area contributed by atoms with E-state index in [1.54, 1.807) is 24.3 Å². The van der Waals surface area contributed by atoms with E-state index in [1.807, 2.05) is 0 Å². The standard InChI is InChI=1S/C34H58O4/c1-9-11-15-21-33(5,6)25-27(3)19-23-37-31(35)29-17-13-14-18-30(29)32(36)38-24-20-28(4)26-34(7,8)22-16-12-10-2/h13-14,17-18,27-28H,9-12,15-16,19-26H2,1-8H3. The molecule has 0 amide bonds. The average molecular weight is 531 g/mol. The van der Waals surface area contributed by atoms with Gasteiger partial charge in [0, 0.05) is 0 Å². The molecule has 0 heterocycles. The third kappa shape index (κ3) is 14.4. The van der Waals surface area contributed by atoms with Crippen LogP contribution in [0.5, 0.6) is 0 Å². The maximum absolute atomic E-state index is 12.8. The van der Waals surface area contributed by atoms with E-state index >= 15 is 0 Å². The molecule has 0 saturated heterocycles. The predicted octanol–water partition coefficient (Wildman–Crippen LogP) is 10.0. The number of unbranched alkanes of at least 4 members (excludes halogenated alkanes) is 4. The molecular weight excluding hydrogens is 472 g/mol. The fourth-order valence-electron chi connectivity index (χ4n) is 5.70. The molecule has 4 heteroatoms. The van der Waals surface area contributed by atoms with Crippen LogP contribution in [0.3, 0.4) is 0 Å². The third-order valence-corrected chi connectivity index (χ3v) is 7.77. The van der Waals surface area contributed by atoms with Gasteiger partial charge < -0.3 is 9.47 Å². The lowest BCUT2D eigenvalue weighted by molar-refractivity contribution is 0.0428. The van der Waals surface area contributed by atoms with Crippen LogP contribution >= 0.6 is 0 Å². The zero-order valence-corrected chi connectivity index (χ0v) is 26.0. The summed E-state index contributed by atoms with van der Waals surface area (Å²) in [5, 5.41) is 0. The highest BCUT2D eigenvalue weighted by Crippen LogP contribution is 2.33. The van der Waals surface area contributed by atoms with Gasteiger partial charge in [0.1, 0.15) is 0 Å². The van der Waals surface area contributed by atoms with E-state index in [2.05, 4.69) is 55.4 Å². The number of rotatable bonds is 20. The van der Waals surface area contributed by atoms with Gasteiger partial charge in [0.05, 0.1) is 24.3 Å². The van der Waals surface area contributed by atoms with E-state index in [0.29, 0.717) is 35.9 Å². The summed E-state index contributed by atoms with van der Waals surface area (Å²) in [6.07, 6.45) is 13.9.